The molecule has 0 aliphatic carbocycles. The zero-order valence-corrected chi connectivity index (χ0v) is 15.3. The van der Waals surface area contributed by atoms with Gasteiger partial charge in [-0.15, -0.1) is 0 Å². The highest BCUT2D eigenvalue weighted by Gasteiger charge is 2.14. The molecule has 2 aromatic carbocycles. The Bertz CT molecular complexity index is 972. The minimum atomic E-state index is -0.186. The number of amides is 1. The van der Waals surface area contributed by atoms with Gasteiger partial charge in [-0.1, -0.05) is 61.4 Å². The highest BCUT2D eigenvalue weighted by Crippen LogP contribution is 2.18. The van der Waals surface area contributed by atoms with Crippen LogP contribution in [0.15, 0.2) is 59.4 Å². The summed E-state index contributed by atoms with van der Waals surface area (Å²) in [7, 11) is 0. The Labute approximate surface area is 153 Å². The second-order valence-corrected chi connectivity index (χ2v) is 6.59. The van der Waals surface area contributed by atoms with Gasteiger partial charge in [0.05, 0.1) is 17.6 Å². The summed E-state index contributed by atoms with van der Waals surface area (Å²) in [6, 6.07) is 17.2. The van der Waals surface area contributed by atoms with Gasteiger partial charge < -0.3 is 9.88 Å². The molecular weight excluding hydrogens is 324 g/mol. The Hall–Kier alpha value is -2.88. The van der Waals surface area contributed by atoms with Gasteiger partial charge in [0, 0.05) is 18.0 Å². The minimum absolute atomic E-state index is 0.162. The molecule has 0 atom stereocenters. The van der Waals surface area contributed by atoms with Gasteiger partial charge in [-0.3, -0.25) is 9.59 Å². The van der Waals surface area contributed by atoms with Gasteiger partial charge in [0.2, 0.25) is 0 Å². The summed E-state index contributed by atoms with van der Waals surface area (Å²) >= 11 is 0. The fourth-order valence-corrected chi connectivity index (χ4v) is 3.04. The van der Waals surface area contributed by atoms with E-state index in [9.17, 15) is 9.59 Å². The number of unbranched alkanes of at least 4 members (excludes halogenated alkanes) is 1. The molecule has 0 bridgehead atoms. The lowest BCUT2D eigenvalue weighted by Gasteiger charge is -2.14. The molecule has 4 nitrogen and oxygen atoms in total. The predicted molar refractivity (Wildman–Crippen MR) is 106 cm³/mol. The van der Waals surface area contributed by atoms with Crippen LogP contribution >= 0.6 is 0 Å². The lowest BCUT2D eigenvalue weighted by molar-refractivity contribution is 0.0954. The first-order valence-electron chi connectivity index (χ1n) is 9.06. The van der Waals surface area contributed by atoms with Gasteiger partial charge in [0.25, 0.3) is 11.5 Å². The number of hydrogen-bond acceptors (Lipinski definition) is 2. The van der Waals surface area contributed by atoms with E-state index in [1.54, 1.807) is 4.57 Å². The van der Waals surface area contributed by atoms with Crippen molar-refractivity contribution in [2.24, 2.45) is 0 Å². The van der Waals surface area contributed by atoms with Crippen LogP contribution in [0.2, 0.25) is 0 Å². The maximum absolute atomic E-state index is 12.7. The first kappa shape index (κ1) is 17.9. The number of nitrogens with zero attached hydrogens (tertiary/aromatic N) is 1. The van der Waals surface area contributed by atoms with Crippen molar-refractivity contribution in [2.75, 3.05) is 6.54 Å². The fraction of sp³-hybridized carbons (Fsp3) is 0.273. The molecule has 0 radical (unpaired) electrons. The van der Waals surface area contributed by atoms with E-state index in [1.807, 2.05) is 55.5 Å². The van der Waals surface area contributed by atoms with E-state index in [1.165, 1.54) is 11.6 Å². The largest absolute Gasteiger partial charge is 0.352 e. The standard InChI is InChI=1S/C22H24N2O2/c1-3-4-13-23-22(26)19-14-21(25)24(20-8-6-5-7-18(19)20)15-17-11-9-16(2)10-12-17/h5-12,14H,3-4,13,15H2,1-2H3,(H,23,26). The first-order valence-corrected chi connectivity index (χ1v) is 9.06. The Morgan fingerprint density at radius 2 is 1.81 bits per heavy atom. The van der Waals surface area contributed by atoms with Crippen molar-refractivity contribution in [3.05, 3.63) is 81.6 Å². The average Bonchev–Trinajstić information content (AvgIpc) is 2.65. The number of aryl methyl sites for hydroxylation is 1. The van der Waals surface area contributed by atoms with Crippen molar-refractivity contribution in [3.8, 4) is 0 Å². The summed E-state index contributed by atoms with van der Waals surface area (Å²) in [6.07, 6.45) is 1.94. The van der Waals surface area contributed by atoms with Crippen molar-refractivity contribution in [1.82, 2.24) is 9.88 Å². The summed E-state index contributed by atoms with van der Waals surface area (Å²) in [5.74, 6) is -0.186. The molecule has 1 amide bonds. The predicted octanol–water partition coefficient (Wildman–Crippen LogP) is 3.89. The molecule has 1 heterocycles. The van der Waals surface area contributed by atoms with E-state index in [-0.39, 0.29) is 11.5 Å². The topological polar surface area (TPSA) is 51.1 Å². The lowest BCUT2D eigenvalue weighted by atomic mass is 10.1. The molecule has 134 valence electrons. The third-order valence-electron chi connectivity index (χ3n) is 4.54. The molecule has 0 saturated carbocycles. The number of carbonyl (C=O) groups excluding carboxylic acids is 1. The third kappa shape index (κ3) is 3.85. The SMILES string of the molecule is CCCCNC(=O)c1cc(=O)n(Cc2ccc(C)cc2)c2ccccc12. The summed E-state index contributed by atoms with van der Waals surface area (Å²) < 4.78 is 1.73. The summed E-state index contributed by atoms with van der Waals surface area (Å²) in [5, 5.41) is 3.71. The van der Waals surface area contributed by atoms with Gasteiger partial charge in [-0.2, -0.15) is 0 Å². The van der Waals surface area contributed by atoms with Crippen LogP contribution in [0.3, 0.4) is 0 Å². The van der Waals surface area contributed by atoms with Gasteiger partial charge in [0.15, 0.2) is 0 Å². The number of pyridine rings is 1. The molecule has 0 saturated heterocycles. The van der Waals surface area contributed by atoms with Gasteiger partial charge in [-0.05, 0) is 25.0 Å². The maximum Gasteiger partial charge on any atom is 0.252 e. The van der Waals surface area contributed by atoms with E-state index in [0.29, 0.717) is 18.7 Å². The molecular formula is C22H24N2O2. The van der Waals surface area contributed by atoms with Crippen LogP contribution in [-0.4, -0.2) is 17.0 Å². The molecule has 1 aromatic heterocycles. The highest BCUT2D eigenvalue weighted by atomic mass is 16.2. The van der Waals surface area contributed by atoms with E-state index < -0.39 is 0 Å². The Balaban J connectivity index is 2.02. The fourth-order valence-electron chi connectivity index (χ4n) is 3.04. The molecule has 1 N–H and O–H groups in total. The number of fused-ring (bicyclic) bond motifs is 1. The minimum Gasteiger partial charge on any atom is -0.352 e. The van der Waals surface area contributed by atoms with Gasteiger partial charge >= 0.3 is 0 Å². The van der Waals surface area contributed by atoms with Gasteiger partial charge in [-0.25, -0.2) is 0 Å². The van der Waals surface area contributed by atoms with Crippen LogP contribution in [0.1, 0.15) is 41.3 Å². The van der Waals surface area contributed by atoms with Crippen LogP contribution in [0.4, 0.5) is 0 Å². The maximum atomic E-state index is 12.7. The van der Waals surface area contributed by atoms with Crippen molar-refractivity contribution < 1.29 is 4.79 Å². The number of hydrogen-bond donors (Lipinski definition) is 1. The molecule has 0 fully saturated rings. The lowest BCUT2D eigenvalue weighted by Crippen LogP contribution is -2.28. The second-order valence-electron chi connectivity index (χ2n) is 6.59. The number of nitrogens with one attached hydrogen (secondary N) is 1. The monoisotopic (exact) mass is 348 g/mol. The van der Waals surface area contributed by atoms with Crippen molar-refractivity contribution in [1.29, 1.82) is 0 Å². The molecule has 0 spiro atoms. The smallest absolute Gasteiger partial charge is 0.252 e. The molecule has 26 heavy (non-hydrogen) atoms. The zero-order valence-electron chi connectivity index (χ0n) is 15.3. The first-order chi connectivity index (χ1) is 12.6. The second kappa shape index (κ2) is 8.00. The number of aromatic nitrogens is 1. The highest BCUT2D eigenvalue weighted by molar-refractivity contribution is 6.06. The quantitative estimate of drug-likeness (QED) is 0.687. The molecule has 3 rings (SSSR count). The number of rotatable bonds is 6. The van der Waals surface area contributed by atoms with E-state index in [0.717, 1.165) is 29.3 Å². The Morgan fingerprint density at radius 3 is 2.54 bits per heavy atom. The number of carbonyl (C=O) groups is 1. The number of benzene rings is 2. The Morgan fingerprint density at radius 1 is 1.08 bits per heavy atom. The molecule has 0 aliphatic heterocycles. The summed E-state index contributed by atoms with van der Waals surface area (Å²) in [4.78, 5) is 25.3. The van der Waals surface area contributed by atoms with Crippen LogP contribution in [0.5, 0.6) is 0 Å². The van der Waals surface area contributed by atoms with E-state index in [4.69, 9.17) is 0 Å². The molecule has 0 unspecified atom stereocenters. The molecule has 4 heteroatoms. The average molecular weight is 348 g/mol. The van der Waals surface area contributed by atoms with Crippen molar-refractivity contribution in [2.45, 2.75) is 33.2 Å². The third-order valence-corrected chi connectivity index (χ3v) is 4.54. The molecule has 3 aromatic rings. The zero-order chi connectivity index (χ0) is 18.5. The summed E-state index contributed by atoms with van der Waals surface area (Å²) in [5.41, 5.74) is 3.31. The Kier molecular flexibility index (Phi) is 5.52. The summed E-state index contributed by atoms with van der Waals surface area (Å²) in [6.45, 7) is 5.22. The van der Waals surface area contributed by atoms with Crippen LogP contribution in [-0.2, 0) is 6.54 Å². The van der Waals surface area contributed by atoms with E-state index >= 15 is 0 Å². The van der Waals surface area contributed by atoms with Crippen LogP contribution in [0, 0.1) is 6.92 Å². The van der Waals surface area contributed by atoms with E-state index in [2.05, 4.69) is 12.2 Å². The van der Waals surface area contributed by atoms with Crippen molar-refractivity contribution >= 4 is 16.8 Å². The normalized spacial score (nSPS) is 10.8. The van der Waals surface area contributed by atoms with Crippen LogP contribution in [0.25, 0.3) is 10.9 Å². The van der Waals surface area contributed by atoms with Crippen molar-refractivity contribution in [3.63, 3.8) is 0 Å². The number of para-hydroxylation sites is 1. The van der Waals surface area contributed by atoms with Crippen LogP contribution < -0.4 is 10.9 Å². The molecule has 0 aliphatic rings. The van der Waals surface area contributed by atoms with Gasteiger partial charge in [0.1, 0.15) is 0 Å².